The van der Waals surface area contributed by atoms with E-state index in [4.69, 9.17) is 16.3 Å². The summed E-state index contributed by atoms with van der Waals surface area (Å²) < 4.78 is 33.7. The number of halogens is 1. The van der Waals surface area contributed by atoms with Crippen LogP contribution in [0, 0.1) is 0 Å². The summed E-state index contributed by atoms with van der Waals surface area (Å²) in [5, 5.41) is 0.627. The second-order valence-electron chi connectivity index (χ2n) is 7.97. The lowest BCUT2D eigenvalue weighted by molar-refractivity contribution is 0.0742. The molecule has 168 valence electrons. The predicted molar refractivity (Wildman–Crippen MR) is 122 cm³/mol. The third-order valence-electron chi connectivity index (χ3n) is 5.99. The largest absolute Gasteiger partial charge is 0.495 e. The molecule has 31 heavy (non-hydrogen) atoms. The van der Waals surface area contributed by atoms with Crippen molar-refractivity contribution in [3.63, 3.8) is 0 Å². The van der Waals surface area contributed by atoms with Crippen molar-refractivity contribution in [2.24, 2.45) is 0 Å². The van der Waals surface area contributed by atoms with Crippen molar-refractivity contribution in [1.29, 1.82) is 0 Å². The van der Waals surface area contributed by atoms with Gasteiger partial charge in [0.15, 0.2) is 0 Å². The maximum atomic E-state index is 13.4. The minimum Gasteiger partial charge on any atom is -0.495 e. The Kier molecular flexibility index (Phi) is 7.29. The number of benzene rings is 2. The van der Waals surface area contributed by atoms with Gasteiger partial charge < -0.3 is 9.64 Å². The van der Waals surface area contributed by atoms with E-state index in [9.17, 15) is 13.2 Å². The zero-order chi connectivity index (χ0) is 22.8. The molecule has 1 fully saturated rings. The zero-order valence-corrected chi connectivity index (χ0v) is 19.9. The Labute approximate surface area is 189 Å². The smallest absolute Gasteiger partial charge is 0.254 e. The Balaban J connectivity index is 1.93. The number of hydrogen-bond donors (Lipinski definition) is 0. The van der Waals surface area contributed by atoms with Crippen LogP contribution in [0.5, 0.6) is 5.75 Å². The molecule has 0 bridgehead atoms. The van der Waals surface area contributed by atoms with E-state index in [0.717, 1.165) is 24.8 Å². The first-order valence-electron chi connectivity index (χ1n) is 10.4. The van der Waals surface area contributed by atoms with Crippen molar-refractivity contribution in [3.05, 3.63) is 58.6 Å². The molecule has 2 aromatic carbocycles. The van der Waals surface area contributed by atoms with Gasteiger partial charge in [-0.25, -0.2) is 8.42 Å². The van der Waals surface area contributed by atoms with Crippen LogP contribution in [0.4, 0.5) is 0 Å². The lowest BCUT2D eigenvalue weighted by Crippen LogP contribution is -2.42. The van der Waals surface area contributed by atoms with Crippen LogP contribution in [0.15, 0.2) is 47.4 Å². The molecule has 2 aromatic rings. The van der Waals surface area contributed by atoms with Gasteiger partial charge in [0.05, 0.1) is 13.2 Å². The molecule has 0 radical (unpaired) electrons. The van der Waals surface area contributed by atoms with Crippen LogP contribution in [-0.4, -0.2) is 50.3 Å². The van der Waals surface area contributed by atoms with Gasteiger partial charge >= 0.3 is 0 Å². The lowest BCUT2D eigenvalue weighted by Gasteiger charge is -2.32. The van der Waals surface area contributed by atoms with Gasteiger partial charge in [0.25, 0.3) is 5.91 Å². The molecule has 3 rings (SSSR count). The summed E-state index contributed by atoms with van der Waals surface area (Å²) >= 11 is 5.96. The molecule has 2 unspecified atom stereocenters. The Morgan fingerprint density at radius 2 is 1.87 bits per heavy atom. The highest BCUT2D eigenvalue weighted by Gasteiger charge is 2.34. The van der Waals surface area contributed by atoms with Gasteiger partial charge in [-0.05, 0) is 62.6 Å². The average Bonchev–Trinajstić information content (AvgIpc) is 2.77. The summed E-state index contributed by atoms with van der Waals surface area (Å²) in [4.78, 5) is 14.8. The molecule has 0 aromatic heterocycles. The van der Waals surface area contributed by atoms with Crippen molar-refractivity contribution < 1.29 is 17.9 Å². The normalized spacial score (nSPS) is 18.4. The fraction of sp³-hybridized carbons (Fsp3) is 0.435. The molecule has 1 aliphatic rings. The number of ether oxygens (including phenoxy) is 1. The minimum absolute atomic E-state index is 0.0298. The van der Waals surface area contributed by atoms with Crippen molar-refractivity contribution in [3.8, 4) is 5.75 Å². The van der Waals surface area contributed by atoms with E-state index >= 15 is 0 Å². The Hall–Kier alpha value is -2.09. The first-order valence-corrected chi connectivity index (χ1v) is 12.2. The van der Waals surface area contributed by atoms with Crippen LogP contribution in [0.3, 0.4) is 0 Å². The zero-order valence-electron chi connectivity index (χ0n) is 18.3. The summed E-state index contributed by atoms with van der Waals surface area (Å²) in [5.41, 5.74) is 1.23. The molecule has 1 heterocycles. The van der Waals surface area contributed by atoms with Gasteiger partial charge in [-0.3, -0.25) is 4.79 Å². The molecule has 0 N–H and O–H groups in total. The van der Waals surface area contributed by atoms with E-state index in [-0.39, 0.29) is 28.6 Å². The molecule has 1 saturated heterocycles. The Morgan fingerprint density at radius 3 is 2.48 bits per heavy atom. The van der Waals surface area contributed by atoms with Crippen LogP contribution in [0.2, 0.25) is 5.02 Å². The summed E-state index contributed by atoms with van der Waals surface area (Å²) in [6.07, 6.45) is 2.66. The van der Waals surface area contributed by atoms with Crippen LogP contribution in [-0.2, 0) is 10.0 Å². The van der Waals surface area contributed by atoms with Crippen molar-refractivity contribution in [2.45, 2.75) is 50.1 Å². The van der Waals surface area contributed by atoms with Crippen molar-refractivity contribution >= 4 is 27.5 Å². The number of amides is 1. The van der Waals surface area contributed by atoms with E-state index in [1.54, 1.807) is 36.2 Å². The number of sulfonamides is 1. The van der Waals surface area contributed by atoms with Gasteiger partial charge in [0.2, 0.25) is 10.0 Å². The third-order valence-corrected chi connectivity index (χ3v) is 8.28. The fourth-order valence-electron chi connectivity index (χ4n) is 3.91. The number of rotatable bonds is 6. The lowest BCUT2D eigenvalue weighted by atomic mass is 10.1. The molecular weight excluding hydrogens is 436 g/mol. The van der Waals surface area contributed by atoms with Crippen LogP contribution >= 0.6 is 11.6 Å². The fourth-order valence-corrected chi connectivity index (χ4v) is 5.92. The molecule has 0 aliphatic carbocycles. The van der Waals surface area contributed by atoms with Crippen LogP contribution in [0.1, 0.15) is 55.1 Å². The van der Waals surface area contributed by atoms with E-state index in [2.05, 4.69) is 0 Å². The van der Waals surface area contributed by atoms with E-state index in [1.165, 1.54) is 17.5 Å². The average molecular weight is 465 g/mol. The second-order valence-corrected chi connectivity index (χ2v) is 10.3. The summed E-state index contributed by atoms with van der Waals surface area (Å²) in [6, 6.07) is 11.6. The maximum Gasteiger partial charge on any atom is 0.254 e. The monoisotopic (exact) mass is 464 g/mol. The first-order chi connectivity index (χ1) is 14.7. The van der Waals surface area contributed by atoms with Gasteiger partial charge in [-0.1, -0.05) is 30.2 Å². The highest BCUT2D eigenvalue weighted by atomic mass is 35.5. The Morgan fingerprint density at radius 1 is 1.19 bits per heavy atom. The van der Waals surface area contributed by atoms with Gasteiger partial charge in [0.1, 0.15) is 10.6 Å². The number of carbonyl (C=O) groups excluding carboxylic acids is 1. The molecule has 6 nitrogen and oxygen atoms in total. The summed E-state index contributed by atoms with van der Waals surface area (Å²) in [6.45, 7) is 4.30. The highest BCUT2D eigenvalue weighted by molar-refractivity contribution is 7.89. The molecular formula is C23H29ClN2O4S. The topological polar surface area (TPSA) is 66.9 Å². The number of hydrogen-bond acceptors (Lipinski definition) is 4. The van der Waals surface area contributed by atoms with E-state index < -0.39 is 10.0 Å². The summed E-state index contributed by atoms with van der Waals surface area (Å²) in [7, 11) is -0.654. The molecule has 1 amide bonds. The Bertz CT molecular complexity index is 1040. The molecule has 2 atom stereocenters. The molecule has 0 saturated carbocycles. The van der Waals surface area contributed by atoms with Crippen molar-refractivity contribution in [1.82, 2.24) is 9.21 Å². The summed E-state index contributed by atoms with van der Waals surface area (Å²) in [5.74, 6) is -0.0315. The van der Waals surface area contributed by atoms with Crippen LogP contribution in [0.25, 0.3) is 0 Å². The second kappa shape index (κ2) is 9.59. The minimum atomic E-state index is -3.79. The van der Waals surface area contributed by atoms with Gasteiger partial charge in [0, 0.05) is 30.2 Å². The number of nitrogens with zero attached hydrogens (tertiary/aromatic N) is 2. The molecule has 0 spiro atoms. The first kappa shape index (κ1) is 23.6. The van der Waals surface area contributed by atoms with Crippen molar-refractivity contribution in [2.75, 3.05) is 20.7 Å². The SMILES string of the molecule is COc1ccc(C(=O)N(C)C(C)c2ccc(Cl)cc2)cc1S(=O)(=O)N1CCCCC1C. The maximum absolute atomic E-state index is 13.4. The quantitative estimate of drug-likeness (QED) is 0.619. The number of piperidine rings is 1. The molecule has 8 heteroatoms. The third kappa shape index (κ3) is 4.89. The van der Waals surface area contributed by atoms with E-state index in [0.29, 0.717) is 17.1 Å². The predicted octanol–water partition coefficient (Wildman–Crippen LogP) is 4.74. The number of carbonyl (C=O) groups is 1. The van der Waals surface area contributed by atoms with Gasteiger partial charge in [-0.15, -0.1) is 0 Å². The molecule has 1 aliphatic heterocycles. The van der Waals surface area contributed by atoms with Gasteiger partial charge in [-0.2, -0.15) is 4.31 Å². The highest BCUT2D eigenvalue weighted by Crippen LogP contribution is 2.32. The number of methoxy groups -OCH3 is 1. The standard InChI is InChI=1S/C23H29ClN2O4S/c1-16-7-5-6-14-26(16)31(28,29)22-15-19(10-13-21(22)30-4)23(27)25(3)17(2)18-8-11-20(24)12-9-18/h8-13,15-17H,5-7,14H2,1-4H3. The van der Waals surface area contributed by atoms with E-state index in [1.807, 2.05) is 26.0 Å². The van der Waals surface area contributed by atoms with Crippen LogP contribution < -0.4 is 4.74 Å².